The van der Waals surface area contributed by atoms with Crippen molar-refractivity contribution in [2.24, 2.45) is 12.0 Å². The van der Waals surface area contributed by atoms with Gasteiger partial charge in [0.25, 0.3) is 0 Å². The molecule has 0 saturated carbocycles. The molecule has 0 fully saturated rings. The van der Waals surface area contributed by atoms with Crippen LogP contribution in [-0.4, -0.2) is 41.3 Å². The molecule has 26 heavy (non-hydrogen) atoms. The van der Waals surface area contributed by atoms with Gasteiger partial charge in [-0.25, -0.2) is 4.99 Å². The Morgan fingerprint density at radius 2 is 2.12 bits per heavy atom. The van der Waals surface area contributed by atoms with E-state index in [-0.39, 0.29) is 12.5 Å². The van der Waals surface area contributed by atoms with E-state index in [1.165, 1.54) is 5.56 Å². The lowest BCUT2D eigenvalue weighted by atomic mass is 10.0. The number of amides is 1. The maximum atomic E-state index is 12.7. The van der Waals surface area contributed by atoms with Crippen LogP contribution in [0.5, 0.6) is 0 Å². The summed E-state index contributed by atoms with van der Waals surface area (Å²) in [6, 6.07) is 10.1. The van der Waals surface area contributed by atoms with Crippen molar-refractivity contribution in [3.63, 3.8) is 0 Å². The summed E-state index contributed by atoms with van der Waals surface area (Å²) in [4.78, 5) is 19.1. The Bertz CT molecular complexity index is 782. The molecule has 0 unspecified atom stereocenters. The molecule has 0 saturated heterocycles. The average Bonchev–Trinajstić information content (AvgIpc) is 3.08. The molecular formula is C19H26N6O. The van der Waals surface area contributed by atoms with Gasteiger partial charge in [0.15, 0.2) is 5.96 Å². The van der Waals surface area contributed by atoms with Crippen molar-refractivity contribution in [2.75, 3.05) is 24.5 Å². The van der Waals surface area contributed by atoms with Crippen LogP contribution in [-0.2, 0) is 24.8 Å². The quantitative estimate of drug-likeness (QED) is 0.630. The molecule has 1 aliphatic rings. The summed E-state index contributed by atoms with van der Waals surface area (Å²) in [7, 11) is 1.89. The molecule has 138 valence electrons. The van der Waals surface area contributed by atoms with E-state index in [2.05, 4.69) is 26.8 Å². The number of hydrogen-bond donors (Lipinski definition) is 2. The van der Waals surface area contributed by atoms with Gasteiger partial charge < -0.3 is 15.5 Å². The molecule has 1 aliphatic heterocycles. The normalized spacial score (nSPS) is 14.1. The minimum Gasteiger partial charge on any atom is -0.357 e. The molecule has 2 heterocycles. The third-order valence-corrected chi connectivity index (χ3v) is 4.48. The number of guanidine groups is 1. The lowest BCUT2D eigenvalue weighted by molar-refractivity contribution is -0.117. The van der Waals surface area contributed by atoms with E-state index in [1.807, 2.05) is 43.1 Å². The fraction of sp³-hybridized carbons (Fsp3) is 0.421. The highest BCUT2D eigenvalue weighted by atomic mass is 16.2. The van der Waals surface area contributed by atoms with Gasteiger partial charge in [0.1, 0.15) is 0 Å². The largest absolute Gasteiger partial charge is 0.357 e. The Morgan fingerprint density at radius 1 is 1.27 bits per heavy atom. The molecule has 1 aromatic carbocycles. The van der Waals surface area contributed by atoms with Gasteiger partial charge in [-0.1, -0.05) is 18.2 Å². The van der Waals surface area contributed by atoms with Crippen LogP contribution < -0.4 is 15.5 Å². The second-order valence-corrected chi connectivity index (χ2v) is 6.27. The first kappa shape index (κ1) is 18.0. The number of para-hydroxylation sites is 1. The summed E-state index contributed by atoms with van der Waals surface area (Å²) >= 11 is 0. The van der Waals surface area contributed by atoms with Crippen LogP contribution in [0.15, 0.2) is 41.5 Å². The molecule has 0 bridgehead atoms. The number of aryl methyl sites for hydroxylation is 2. The number of nitrogens with zero attached hydrogens (tertiary/aromatic N) is 4. The first-order valence-electron chi connectivity index (χ1n) is 9.06. The van der Waals surface area contributed by atoms with Crippen molar-refractivity contribution in [1.29, 1.82) is 0 Å². The Balaban J connectivity index is 1.62. The number of fused-ring (bicyclic) bond motifs is 1. The predicted molar refractivity (Wildman–Crippen MR) is 103 cm³/mol. The fourth-order valence-corrected chi connectivity index (χ4v) is 3.11. The second kappa shape index (κ2) is 8.51. The predicted octanol–water partition coefficient (Wildman–Crippen LogP) is 1.45. The van der Waals surface area contributed by atoms with Gasteiger partial charge in [-0.15, -0.1) is 0 Å². The molecule has 0 aliphatic carbocycles. The molecule has 2 aromatic rings. The summed E-state index contributed by atoms with van der Waals surface area (Å²) in [5, 5.41) is 10.5. The van der Waals surface area contributed by atoms with E-state index in [0.29, 0.717) is 12.5 Å². The number of hydrogen-bond acceptors (Lipinski definition) is 3. The number of nitrogens with one attached hydrogen (secondary N) is 2. The van der Waals surface area contributed by atoms with Crippen LogP contribution in [0, 0.1) is 0 Å². The summed E-state index contributed by atoms with van der Waals surface area (Å²) in [5.74, 6) is 0.690. The van der Waals surface area contributed by atoms with E-state index in [1.54, 1.807) is 10.9 Å². The molecule has 0 radical (unpaired) electrons. The van der Waals surface area contributed by atoms with Crippen LogP contribution in [0.3, 0.4) is 0 Å². The maximum Gasteiger partial charge on any atom is 0.246 e. The Labute approximate surface area is 154 Å². The van der Waals surface area contributed by atoms with Gasteiger partial charge in [-0.05, 0) is 37.5 Å². The van der Waals surface area contributed by atoms with Gasteiger partial charge >= 0.3 is 0 Å². The summed E-state index contributed by atoms with van der Waals surface area (Å²) in [6.45, 7) is 4.22. The third kappa shape index (κ3) is 4.22. The lowest BCUT2D eigenvalue weighted by Gasteiger charge is -2.29. The van der Waals surface area contributed by atoms with Gasteiger partial charge in [0.05, 0.1) is 18.8 Å². The SMILES string of the molecule is CCNC(=NCc1ccnn1C)NCC(=O)N1CCCc2ccccc21. The van der Waals surface area contributed by atoms with Crippen LogP contribution in [0.4, 0.5) is 5.69 Å². The third-order valence-electron chi connectivity index (χ3n) is 4.48. The molecule has 7 heteroatoms. The van der Waals surface area contributed by atoms with E-state index < -0.39 is 0 Å². The standard InChI is InChI=1S/C19H26N6O/c1-3-20-19(21-13-16-10-11-23-24(16)2)22-14-18(26)25-12-6-8-15-7-4-5-9-17(15)25/h4-5,7,9-11H,3,6,8,12-14H2,1-2H3,(H2,20,21,22). The van der Waals surface area contributed by atoms with E-state index >= 15 is 0 Å². The van der Waals surface area contributed by atoms with Crippen LogP contribution in [0.25, 0.3) is 0 Å². The summed E-state index contributed by atoms with van der Waals surface area (Å²) < 4.78 is 1.79. The second-order valence-electron chi connectivity index (χ2n) is 6.27. The molecule has 2 N–H and O–H groups in total. The molecule has 0 atom stereocenters. The van der Waals surface area contributed by atoms with E-state index in [4.69, 9.17) is 0 Å². The fourth-order valence-electron chi connectivity index (χ4n) is 3.11. The van der Waals surface area contributed by atoms with Gasteiger partial charge in [0, 0.05) is 32.0 Å². The monoisotopic (exact) mass is 354 g/mol. The van der Waals surface area contributed by atoms with Crippen molar-refractivity contribution in [3.8, 4) is 0 Å². The first-order chi connectivity index (χ1) is 12.7. The van der Waals surface area contributed by atoms with Gasteiger partial charge in [0.2, 0.25) is 5.91 Å². The Hall–Kier alpha value is -2.83. The van der Waals surface area contributed by atoms with Crippen LogP contribution in [0.1, 0.15) is 24.6 Å². The highest BCUT2D eigenvalue weighted by Crippen LogP contribution is 2.26. The maximum absolute atomic E-state index is 12.7. The molecule has 7 nitrogen and oxygen atoms in total. The highest BCUT2D eigenvalue weighted by molar-refractivity contribution is 5.98. The molecule has 1 aromatic heterocycles. The first-order valence-corrected chi connectivity index (χ1v) is 9.06. The zero-order valence-electron chi connectivity index (χ0n) is 15.4. The topological polar surface area (TPSA) is 74.5 Å². The molecule has 1 amide bonds. The van der Waals surface area contributed by atoms with Crippen molar-refractivity contribution < 1.29 is 4.79 Å². The summed E-state index contributed by atoms with van der Waals surface area (Å²) in [6.07, 6.45) is 3.78. The number of carbonyl (C=O) groups excluding carboxylic acids is 1. The van der Waals surface area contributed by atoms with Gasteiger partial charge in [-0.3, -0.25) is 9.48 Å². The van der Waals surface area contributed by atoms with Crippen molar-refractivity contribution >= 4 is 17.6 Å². The zero-order valence-corrected chi connectivity index (χ0v) is 15.4. The highest BCUT2D eigenvalue weighted by Gasteiger charge is 2.21. The minimum absolute atomic E-state index is 0.0586. The zero-order chi connectivity index (χ0) is 18.4. The summed E-state index contributed by atoms with van der Waals surface area (Å²) in [5.41, 5.74) is 3.28. The van der Waals surface area contributed by atoms with Crippen molar-refractivity contribution in [1.82, 2.24) is 20.4 Å². The van der Waals surface area contributed by atoms with E-state index in [9.17, 15) is 4.79 Å². The van der Waals surface area contributed by atoms with Crippen LogP contribution in [0.2, 0.25) is 0 Å². The number of rotatable bonds is 5. The lowest BCUT2D eigenvalue weighted by Crippen LogP contribution is -2.46. The number of aliphatic imine (C=N–C) groups is 1. The van der Waals surface area contributed by atoms with Crippen molar-refractivity contribution in [3.05, 3.63) is 47.8 Å². The average molecular weight is 354 g/mol. The Morgan fingerprint density at radius 3 is 2.88 bits per heavy atom. The number of aromatic nitrogens is 2. The minimum atomic E-state index is 0.0586. The molecule has 0 spiro atoms. The Kier molecular flexibility index (Phi) is 5.88. The molecule has 3 rings (SSSR count). The van der Waals surface area contributed by atoms with Crippen LogP contribution >= 0.6 is 0 Å². The van der Waals surface area contributed by atoms with E-state index in [0.717, 1.165) is 37.3 Å². The number of anilines is 1. The smallest absolute Gasteiger partial charge is 0.246 e. The number of carbonyl (C=O) groups is 1. The van der Waals surface area contributed by atoms with Gasteiger partial charge in [-0.2, -0.15) is 5.10 Å². The van der Waals surface area contributed by atoms with Crippen molar-refractivity contribution in [2.45, 2.75) is 26.3 Å². The number of benzene rings is 1. The molecular weight excluding hydrogens is 328 g/mol.